The zero-order valence-electron chi connectivity index (χ0n) is 10.2. The van der Waals surface area contributed by atoms with Gasteiger partial charge in [-0.2, -0.15) is 0 Å². The molecule has 1 N–H and O–H groups in total. The summed E-state index contributed by atoms with van der Waals surface area (Å²) in [7, 11) is 1.30. The van der Waals surface area contributed by atoms with Crippen LogP contribution in [-0.4, -0.2) is 25.5 Å². The van der Waals surface area contributed by atoms with Crippen LogP contribution in [0, 0.1) is 0 Å². The lowest BCUT2D eigenvalue weighted by Gasteiger charge is -2.01. The second-order valence-corrected chi connectivity index (χ2v) is 4.31. The van der Waals surface area contributed by atoms with Crippen LogP contribution in [0.3, 0.4) is 0 Å². The number of esters is 1. The summed E-state index contributed by atoms with van der Waals surface area (Å²) in [6.07, 6.45) is 0.119. The second kappa shape index (κ2) is 5.75. The Balaban J connectivity index is 2.03. The molecule has 0 fully saturated rings. The molecule has 1 amide bonds. The van der Waals surface area contributed by atoms with E-state index >= 15 is 0 Å². The van der Waals surface area contributed by atoms with Gasteiger partial charge in [0, 0.05) is 17.0 Å². The molecule has 5 nitrogen and oxygen atoms in total. The molecule has 0 saturated heterocycles. The van der Waals surface area contributed by atoms with Crippen molar-refractivity contribution in [2.45, 2.75) is 6.42 Å². The number of ether oxygens (including phenoxy) is 1. The van der Waals surface area contributed by atoms with Gasteiger partial charge < -0.3 is 14.5 Å². The Labute approximate surface area is 114 Å². The van der Waals surface area contributed by atoms with Crippen LogP contribution in [0.5, 0.6) is 0 Å². The second-order valence-electron chi connectivity index (χ2n) is 3.87. The van der Waals surface area contributed by atoms with Gasteiger partial charge in [0.25, 0.3) is 5.91 Å². The fourth-order valence-electron chi connectivity index (χ4n) is 1.59. The van der Waals surface area contributed by atoms with Gasteiger partial charge in [0.1, 0.15) is 5.58 Å². The van der Waals surface area contributed by atoms with E-state index in [-0.39, 0.29) is 30.6 Å². The van der Waals surface area contributed by atoms with Crippen molar-refractivity contribution in [1.29, 1.82) is 0 Å². The van der Waals surface area contributed by atoms with Gasteiger partial charge >= 0.3 is 5.97 Å². The fourth-order valence-corrected chi connectivity index (χ4v) is 1.77. The molecular formula is C13H12ClNO4. The van der Waals surface area contributed by atoms with Gasteiger partial charge in [-0.1, -0.05) is 11.6 Å². The van der Waals surface area contributed by atoms with Crippen LogP contribution in [0.25, 0.3) is 11.0 Å². The SMILES string of the molecule is COC(=O)CCNC(=O)c1cc2cc(Cl)ccc2o1. The molecule has 6 heteroatoms. The van der Waals surface area contributed by atoms with E-state index in [0.29, 0.717) is 10.6 Å². The van der Waals surface area contributed by atoms with Crippen LogP contribution >= 0.6 is 11.6 Å². The standard InChI is InChI=1S/C13H12ClNO4/c1-18-12(16)4-5-15-13(17)11-7-8-6-9(14)2-3-10(8)19-11/h2-3,6-7H,4-5H2,1H3,(H,15,17). The summed E-state index contributed by atoms with van der Waals surface area (Å²) in [6.45, 7) is 0.198. The molecule has 0 aliphatic carbocycles. The highest BCUT2D eigenvalue weighted by molar-refractivity contribution is 6.31. The topological polar surface area (TPSA) is 68.5 Å². The first-order valence-corrected chi connectivity index (χ1v) is 6.02. The number of carbonyl (C=O) groups excluding carboxylic acids is 2. The minimum absolute atomic E-state index is 0.119. The van der Waals surface area contributed by atoms with Crippen LogP contribution in [0.4, 0.5) is 0 Å². The molecule has 0 saturated carbocycles. The molecule has 0 aliphatic rings. The maximum atomic E-state index is 11.8. The molecule has 100 valence electrons. The highest BCUT2D eigenvalue weighted by Crippen LogP contribution is 2.22. The Morgan fingerprint density at radius 1 is 1.37 bits per heavy atom. The number of hydrogen-bond acceptors (Lipinski definition) is 4. The summed E-state index contributed by atoms with van der Waals surface area (Å²) in [5.41, 5.74) is 0.586. The van der Waals surface area contributed by atoms with E-state index in [4.69, 9.17) is 16.0 Å². The summed E-state index contributed by atoms with van der Waals surface area (Å²) in [5.74, 6) is -0.574. The number of halogens is 1. The number of amides is 1. The first kappa shape index (κ1) is 13.4. The summed E-state index contributed by atoms with van der Waals surface area (Å²) in [5, 5.41) is 3.90. The Kier molecular flexibility index (Phi) is 4.06. The molecular weight excluding hydrogens is 270 g/mol. The lowest BCUT2D eigenvalue weighted by molar-refractivity contribution is -0.140. The van der Waals surface area contributed by atoms with Crippen molar-refractivity contribution in [1.82, 2.24) is 5.32 Å². The summed E-state index contributed by atoms with van der Waals surface area (Å²) >= 11 is 5.85. The molecule has 1 heterocycles. The number of nitrogens with one attached hydrogen (secondary N) is 1. The minimum Gasteiger partial charge on any atom is -0.469 e. The molecule has 2 aromatic rings. The van der Waals surface area contributed by atoms with E-state index in [9.17, 15) is 9.59 Å². The van der Waals surface area contributed by atoms with Gasteiger partial charge in [-0.05, 0) is 24.3 Å². The fraction of sp³-hybridized carbons (Fsp3) is 0.231. The van der Waals surface area contributed by atoms with Crippen LogP contribution in [0.1, 0.15) is 17.0 Å². The van der Waals surface area contributed by atoms with E-state index in [1.165, 1.54) is 7.11 Å². The monoisotopic (exact) mass is 281 g/mol. The van der Waals surface area contributed by atoms with Gasteiger partial charge in [0.2, 0.25) is 0 Å². The van der Waals surface area contributed by atoms with E-state index in [2.05, 4.69) is 10.1 Å². The first-order chi connectivity index (χ1) is 9.10. The Morgan fingerprint density at radius 3 is 2.89 bits per heavy atom. The van der Waals surface area contributed by atoms with Crippen LogP contribution in [0.15, 0.2) is 28.7 Å². The minimum atomic E-state index is -0.378. The summed E-state index contributed by atoms with van der Waals surface area (Å²) in [4.78, 5) is 22.7. The third kappa shape index (κ3) is 3.26. The largest absolute Gasteiger partial charge is 0.469 e. The number of furan rings is 1. The molecule has 19 heavy (non-hydrogen) atoms. The number of methoxy groups -OCH3 is 1. The molecule has 0 bridgehead atoms. The highest BCUT2D eigenvalue weighted by Gasteiger charge is 2.12. The Bertz CT molecular complexity index is 620. The van der Waals surface area contributed by atoms with Gasteiger partial charge in [-0.15, -0.1) is 0 Å². The lowest BCUT2D eigenvalue weighted by Crippen LogP contribution is -2.25. The third-order valence-electron chi connectivity index (χ3n) is 2.54. The predicted octanol–water partition coefficient (Wildman–Crippen LogP) is 2.38. The highest BCUT2D eigenvalue weighted by atomic mass is 35.5. The molecule has 1 aromatic carbocycles. The number of rotatable bonds is 4. The van der Waals surface area contributed by atoms with Crippen molar-refractivity contribution < 1.29 is 18.7 Å². The zero-order valence-corrected chi connectivity index (χ0v) is 11.0. The molecule has 0 unspecified atom stereocenters. The van der Waals surface area contributed by atoms with Crippen molar-refractivity contribution in [2.24, 2.45) is 0 Å². The van der Waals surface area contributed by atoms with Crippen LogP contribution < -0.4 is 5.32 Å². The average Bonchev–Trinajstić information content (AvgIpc) is 2.81. The maximum absolute atomic E-state index is 11.8. The van der Waals surface area contributed by atoms with E-state index in [1.807, 2.05) is 0 Å². The van der Waals surface area contributed by atoms with Gasteiger partial charge in [0.15, 0.2) is 5.76 Å². The van der Waals surface area contributed by atoms with Crippen LogP contribution in [-0.2, 0) is 9.53 Å². The zero-order chi connectivity index (χ0) is 13.8. The third-order valence-corrected chi connectivity index (χ3v) is 2.78. The van der Waals surface area contributed by atoms with Crippen molar-refractivity contribution in [3.05, 3.63) is 35.0 Å². The molecule has 0 radical (unpaired) electrons. The number of benzene rings is 1. The lowest BCUT2D eigenvalue weighted by atomic mass is 10.2. The molecule has 2 rings (SSSR count). The summed E-state index contributed by atoms with van der Waals surface area (Å²) < 4.78 is 9.85. The molecule has 0 atom stereocenters. The van der Waals surface area contributed by atoms with Crippen molar-refractivity contribution in [2.75, 3.05) is 13.7 Å². The molecule has 1 aromatic heterocycles. The van der Waals surface area contributed by atoms with Gasteiger partial charge in [0.05, 0.1) is 13.5 Å². The van der Waals surface area contributed by atoms with Crippen molar-refractivity contribution >= 4 is 34.4 Å². The van der Waals surface area contributed by atoms with Crippen LogP contribution in [0.2, 0.25) is 5.02 Å². The molecule has 0 spiro atoms. The average molecular weight is 282 g/mol. The molecule has 0 aliphatic heterocycles. The van der Waals surface area contributed by atoms with E-state index in [1.54, 1.807) is 24.3 Å². The Morgan fingerprint density at radius 2 is 2.16 bits per heavy atom. The first-order valence-electron chi connectivity index (χ1n) is 5.64. The van der Waals surface area contributed by atoms with E-state index < -0.39 is 0 Å². The predicted molar refractivity (Wildman–Crippen MR) is 70.2 cm³/mol. The Hall–Kier alpha value is -2.01. The summed E-state index contributed by atoms with van der Waals surface area (Å²) in [6, 6.07) is 6.70. The van der Waals surface area contributed by atoms with Gasteiger partial charge in [-0.3, -0.25) is 9.59 Å². The smallest absolute Gasteiger partial charge is 0.307 e. The quantitative estimate of drug-likeness (QED) is 0.874. The van der Waals surface area contributed by atoms with Crippen molar-refractivity contribution in [3.63, 3.8) is 0 Å². The number of carbonyl (C=O) groups is 2. The normalized spacial score (nSPS) is 10.4. The van der Waals surface area contributed by atoms with E-state index in [0.717, 1.165) is 5.39 Å². The maximum Gasteiger partial charge on any atom is 0.307 e. The number of hydrogen-bond donors (Lipinski definition) is 1. The van der Waals surface area contributed by atoms with Gasteiger partial charge in [-0.25, -0.2) is 0 Å². The van der Waals surface area contributed by atoms with Crippen molar-refractivity contribution in [3.8, 4) is 0 Å². The number of fused-ring (bicyclic) bond motifs is 1.